The van der Waals surface area contributed by atoms with E-state index in [0.717, 1.165) is 32.5 Å². The summed E-state index contributed by atoms with van der Waals surface area (Å²) in [7, 11) is 0. The van der Waals surface area contributed by atoms with Gasteiger partial charge >= 0.3 is 12.0 Å². The van der Waals surface area contributed by atoms with Gasteiger partial charge in [0.2, 0.25) is 5.60 Å². The van der Waals surface area contributed by atoms with Crippen molar-refractivity contribution in [2.24, 2.45) is 11.7 Å². The smallest absolute Gasteiger partial charge is 0.347 e. The molecule has 1 atom stereocenters. The first-order chi connectivity index (χ1) is 19.0. The number of amides is 2. The Hall–Kier alpha value is -3.72. The van der Waals surface area contributed by atoms with Crippen LogP contribution in [0.2, 0.25) is 0 Å². The molecule has 5 N–H and O–H groups in total. The molecule has 0 bridgehead atoms. The molecular weight excluding hydrogens is 492 g/mol. The first-order valence-corrected chi connectivity index (χ1v) is 13.6. The van der Waals surface area contributed by atoms with E-state index in [1.807, 2.05) is 12.1 Å². The van der Waals surface area contributed by atoms with Gasteiger partial charge in [-0.05, 0) is 68.1 Å². The number of nitrogens with zero attached hydrogens (tertiary/aromatic N) is 1. The molecule has 206 valence electrons. The second kappa shape index (κ2) is 13.9. The van der Waals surface area contributed by atoms with Gasteiger partial charge in [-0.3, -0.25) is 4.90 Å². The largest absolute Gasteiger partial charge is 0.463 e. The number of esters is 1. The highest BCUT2D eigenvalue weighted by molar-refractivity contribution is 5.90. The average Bonchev–Trinajstić information content (AvgIpc) is 2.97. The van der Waals surface area contributed by atoms with Gasteiger partial charge in [0.1, 0.15) is 0 Å². The molecule has 0 spiro atoms. The van der Waals surface area contributed by atoms with Crippen LogP contribution in [0.4, 0.5) is 10.5 Å². The zero-order valence-corrected chi connectivity index (χ0v) is 22.2. The molecule has 1 unspecified atom stereocenters. The Balaban J connectivity index is 1.41. The zero-order valence-electron chi connectivity index (χ0n) is 22.2. The number of nitrogens with two attached hydrogens (primary N) is 1. The lowest BCUT2D eigenvalue weighted by atomic mass is 9.86. The summed E-state index contributed by atoms with van der Waals surface area (Å²) in [6.45, 7) is 3.95. The van der Waals surface area contributed by atoms with Crippen molar-refractivity contribution in [1.82, 2.24) is 10.2 Å². The van der Waals surface area contributed by atoms with E-state index in [1.54, 1.807) is 48.5 Å². The SMILES string of the molecule is NCCCNC(=O)Nc1cccc(C(O)(C(=O)OCC2CCN(Cc3ccccc3)CC2)c2ccccc2)c1. The summed E-state index contributed by atoms with van der Waals surface area (Å²) in [6, 6.07) is 25.4. The number of likely N-dealkylation sites (tertiary alicyclic amines) is 1. The molecule has 2 amide bonds. The summed E-state index contributed by atoms with van der Waals surface area (Å²) in [5.74, 6) is -0.504. The van der Waals surface area contributed by atoms with Gasteiger partial charge in [-0.25, -0.2) is 9.59 Å². The molecule has 1 aliphatic rings. The van der Waals surface area contributed by atoms with E-state index in [2.05, 4.69) is 39.8 Å². The van der Waals surface area contributed by atoms with Crippen molar-refractivity contribution >= 4 is 17.7 Å². The van der Waals surface area contributed by atoms with Gasteiger partial charge in [0.25, 0.3) is 0 Å². The number of carbonyl (C=O) groups is 2. The van der Waals surface area contributed by atoms with Crippen LogP contribution in [0.5, 0.6) is 0 Å². The molecule has 8 heteroatoms. The van der Waals surface area contributed by atoms with Gasteiger partial charge in [-0.2, -0.15) is 0 Å². The Morgan fingerprint density at radius 3 is 2.31 bits per heavy atom. The van der Waals surface area contributed by atoms with Gasteiger partial charge in [-0.15, -0.1) is 0 Å². The van der Waals surface area contributed by atoms with Crippen LogP contribution in [0.1, 0.15) is 36.0 Å². The number of aliphatic hydroxyl groups is 1. The molecule has 0 aliphatic carbocycles. The van der Waals surface area contributed by atoms with Crippen molar-refractivity contribution in [2.45, 2.75) is 31.4 Å². The van der Waals surface area contributed by atoms with Crippen LogP contribution in [0, 0.1) is 5.92 Å². The molecule has 0 aromatic heterocycles. The predicted octanol–water partition coefficient (Wildman–Crippen LogP) is 3.85. The Morgan fingerprint density at radius 1 is 0.949 bits per heavy atom. The fourth-order valence-corrected chi connectivity index (χ4v) is 4.83. The fourth-order valence-electron chi connectivity index (χ4n) is 4.83. The molecule has 1 saturated heterocycles. The summed E-state index contributed by atoms with van der Waals surface area (Å²) in [5, 5.41) is 17.3. The highest BCUT2D eigenvalue weighted by Crippen LogP contribution is 2.33. The van der Waals surface area contributed by atoms with Gasteiger partial charge in [-0.1, -0.05) is 72.8 Å². The number of urea groups is 1. The quantitative estimate of drug-likeness (QED) is 0.221. The highest BCUT2D eigenvalue weighted by atomic mass is 16.5. The summed E-state index contributed by atoms with van der Waals surface area (Å²) in [5.41, 5.74) is 5.91. The standard InChI is InChI=1S/C31H38N4O4/c32-17-8-18-33-30(37)34-28-14-7-13-27(21-28)31(38,26-11-5-2-6-12-26)29(36)39-23-25-15-19-35(20-16-25)22-24-9-3-1-4-10-24/h1-7,9-14,21,25,38H,8,15-20,22-23,32H2,(H2,33,34,37). The summed E-state index contributed by atoms with van der Waals surface area (Å²) >= 11 is 0. The monoisotopic (exact) mass is 530 g/mol. The van der Waals surface area contributed by atoms with Crippen LogP contribution in [-0.2, 0) is 21.7 Å². The number of piperidine rings is 1. The molecular formula is C31H38N4O4. The van der Waals surface area contributed by atoms with E-state index in [9.17, 15) is 14.7 Å². The fraction of sp³-hybridized carbons (Fsp3) is 0.355. The number of anilines is 1. The van der Waals surface area contributed by atoms with Gasteiger partial charge < -0.3 is 26.2 Å². The minimum atomic E-state index is -2.02. The Morgan fingerprint density at radius 2 is 1.62 bits per heavy atom. The van der Waals surface area contributed by atoms with Crippen LogP contribution in [-0.4, -0.2) is 54.8 Å². The van der Waals surface area contributed by atoms with E-state index in [4.69, 9.17) is 10.5 Å². The van der Waals surface area contributed by atoms with Crippen LogP contribution >= 0.6 is 0 Å². The van der Waals surface area contributed by atoms with E-state index in [0.29, 0.717) is 36.3 Å². The van der Waals surface area contributed by atoms with E-state index < -0.39 is 11.6 Å². The third-order valence-electron chi connectivity index (χ3n) is 7.10. The van der Waals surface area contributed by atoms with Crippen molar-refractivity contribution in [2.75, 3.05) is 38.1 Å². The molecule has 1 heterocycles. The van der Waals surface area contributed by atoms with Gasteiger partial charge in [0.15, 0.2) is 0 Å². The minimum absolute atomic E-state index is 0.228. The van der Waals surface area contributed by atoms with E-state index >= 15 is 0 Å². The molecule has 0 saturated carbocycles. The number of nitrogens with one attached hydrogen (secondary N) is 2. The third-order valence-corrected chi connectivity index (χ3v) is 7.10. The number of rotatable bonds is 11. The van der Waals surface area contributed by atoms with Crippen molar-refractivity contribution < 1.29 is 19.4 Å². The molecule has 0 radical (unpaired) electrons. The first kappa shape index (κ1) is 28.3. The Labute approximate surface area is 230 Å². The molecule has 3 aromatic rings. The molecule has 4 rings (SSSR count). The van der Waals surface area contributed by atoms with Crippen molar-refractivity contribution in [3.63, 3.8) is 0 Å². The highest BCUT2D eigenvalue weighted by Gasteiger charge is 2.42. The molecule has 1 fully saturated rings. The number of ether oxygens (including phenoxy) is 1. The maximum absolute atomic E-state index is 13.5. The summed E-state index contributed by atoms with van der Waals surface area (Å²) in [4.78, 5) is 28.2. The Bertz CT molecular complexity index is 1200. The summed E-state index contributed by atoms with van der Waals surface area (Å²) in [6.07, 6.45) is 2.50. The predicted molar refractivity (Wildman–Crippen MR) is 152 cm³/mol. The van der Waals surface area contributed by atoms with E-state index in [-0.39, 0.29) is 18.6 Å². The van der Waals surface area contributed by atoms with Crippen LogP contribution in [0.25, 0.3) is 0 Å². The lowest BCUT2D eigenvalue weighted by molar-refractivity contribution is -0.164. The van der Waals surface area contributed by atoms with Crippen LogP contribution in [0.15, 0.2) is 84.9 Å². The maximum atomic E-state index is 13.5. The lowest BCUT2D eigenvalue weighted by Crippen LogP contribution is -2.40. The number of benzene rings is 3. The van der Waals surface area contributed by atoms with Gasteiger partial charge in [0.05, 0.1) is 6.61 Å². The molecule has 1 aliphatic heterocycles. The maximum Gasteiger partial charge on any atom is 0.347 e. The van der Waals surface area contributed by atoms with Gasteiger partial charge in [0, 0.05) is 24.3 Å². The topological polar surface area (TPSA) is 117 Å². The first-order valence-electron chi connectivity index (χ1n) is 13.6. The molecule has 39 heavy (non-hydrogen) atoms. The lowest BCUT2D eigenvalue weighted by Gasteiger charge is -2.33. The van der Waals surface area contributed by atoms with Crippen LogP contribution in [0.3, 0.4) is 0 Å². The minimum Gasteiger partial charge on any atom is -0.463 e. The number of carbonyl (C=O) groups excluding carboxylic acids is 2. The molecule has 8 nitrogen and oxygen atoms in total. The normalized spacial score (nSPS) is 15.7. The summed E-state index contributed by atoms with van der Waals surface area (Å²) < 4.78 is 5.78. The third kappa shape index (κ3) is 7.66. The van der Waals surface area contributed by atoms with Crippen LogP contribution < -0.4 is 16.4 Å². The zero-order chi connectivity index (χ0) is 27.5. The number of hydrogen-bond acceptors (Lipinski definition) is 6. The second-order valence-electron chi connectivity index (χ2n) is 9.98. The second-order valence-corrected chi connectivity index (χ2v) is 9.98. The molecule has 3 aromatic carbocycles. The average molecular weight is 531 g/mol. The van der Waals surface area contributed by atoms with E-state index in [1.165, 1.54) is 5.56 Å². The van der Waals surface area contributed by atoms with Crippen molar-refractivity contribution in [3.8, 4) is 0 Å². The number of hydrogen-bond donors (Lipinski definition) is 4. The Kier molecular flexibility index (Phi) is 10.1. The van der Waals surface area contributed by atoms with Crippen molar-refractivity contribution in [1.29, 1.82) is 0 Å². The van der Waals surface area contributed by atoms with Crippen molar-refractivity contribution in [3.05, 3.63) is 102 Å².